The number of carbonyl (C=O) groups excluding carboxylic acids is 4. The number of nitrogens with two attached hydrogens (primary N) is 1. The summed E-state index contributed by atoms with van der Waals surface area (Å²) in [5.74, 6) is -1.86. The first kappa shape index (κ1) is 27.1. The van der Waals surface area contributed by atoms with Crippen LogP contribution in [0.5, 0.6) is 0 Å². The lowest BCUT2D eigenvalue weighted by molar-refractivity contribution is -0.146. The highest BCUT2D eigenvalue weighted by atomic mass is 16.5. The highest BCUT2D eigenvalue weighted by molar-refractivity contribution is 5.87. The average molecular weight is 427 g/mol. The first-order valence-corrected chi connectivity index (χ1v) is 9.87. The molecule has 0 saturated carbocycles. The number of carbonyl (C=O) groups is 4. The van der Waals surface area contributed by atoms with Crippen molar-refractivity contribution >= 4 is 23.9 Å². The third kappa shape index (κ3) is 12.6. The van der Waals surface area contributed by atoms with Crippen LogP contribution in [0.1, 0.15) is 39.0 Å². The number of hydrogen-bond donors (Lipinski definition) is 3. The zero-order valence-electron chi connectivity index (χ0n) is 17.5. The average Bonchev–Trinajstić information content (AvgIpc) is 2.72. The minimum atomic E-state index is -1.09. The molecule has 0 rings (SSSR count). The van der Waals surface area contributed by atoms with Gasteiger partial charge in [0.2, 0.25) is 0 Å². The van der Waals surface area contributed by atoms with Crippen LogP contribution in [-0.4, -0.2) is 62.4 Å². The molecule has 0 radical (unpaired) electrons. The molecule has 30 heavy (non-hydrogen) atoms. The van der Waals surface area contributed by atoms with Crippen LogP contribution in [-0.2, 0) is 28.6 Å². The Bertz CT molecular complexity index is 581. The first-order valence-electron chi connectivity index (χ1n) is 9.87. The second-order valence-electron chi connectivity index (χ2n) is 6.19. The Labute approximate surface area is 177 Å². The number of ether oxygens (including phenoxy) is 3. The summed E-state index contributed by atoms with van der Waals surface area (Å²) in [5.41, 5.74) is 5.46. The van der Waals surface area contributed by atoms with Gasteiger partial charge < -0.3 is 30.6 Å². The Morgan fingerprint density at radius 3 is 2.03 bits per heavy atom. The molecule has 10 heteroatoms. The van der Waals surface area contributed by atoms with E-state index in [1.165, 1.54) is 12.2 Å². The van der Waals surface area contributed by atoms with Crippen LogP contribution in [0, 0.1) is 0 Å². The largest absolute Gasteiger partial charge is 0.464 e. The number of hydrogen-bond acceptors (Lipinski definition) is 8. The van der Waals surface area contributed by atoms with Crippen LogP contribution in [0.3, 0.4) is 0 Å². The molecule has 0 aliphatic carbocycles. The van der Waals surface area contributed by atoms with Gasteiger partial charge in [-0.1, -0.05) is 25.3 Å². The van der Waals surface area contributed by atoms with Crippen LogP contribution in [0.25, 0.3) is 0 Å². The molecule has 0 unspecified atom stereocenters. The summed E-state index contributed by atoms with van der Waals surface area (Å²) in [7, 11) is 0. The Hall–Kier alpha value is -2.88. The number of amides is 2. The minimum absolute atomic E-state index is 0.00773. The van der Waals surface area contributed by atoms with E-state index >= 15 is 0 Å². The molecule has 0 aliphatic rings. The van der Waals surface area contributed by atoms with E-state index in [4.69, 9.17) is 19.9 Å². The maximum Gasteiger partial charge on any atom is 0.329 e. The number of unbranched alkanes of at least 4 members (excludes halogenated alkanes) is 1. The predicted octanol–water partition coefficient (Wildman–Crippen LogP) is 0.954. The highest BCUT2D eigenvalue weighted by Gasteiger charge is 2.27. The van der Waals surface area contributed by atoms with Gasteiger partial charge in [-0.15, -0.1) is 0 Å². The zero-order valence-corrected chi connectivity index (χ0v) is 17.5. The second-order valence-corrected chi connectivity index (χ2v) is 6.19. The molecule has 0 aromatic rings. The summed E-state index contributed by atoms with van der Waals surface area (Å²) in [6, 6.07) is -2.77. The molecule has 0 saturated heterocycles. The van der Waals surface area contributed by atoms with E-state index in [0.717, 1.165) is 0 Å². The number of urea groups is 1. The molecule has 2 atom stereocenters. The summed E-state index contributed by atoms with van der Waals surface area (Å²) in [5, 5.41) is 4.94. The SMILES string of the molecule is C=CCOC(=O)CC[C@H](NC(=O)N[C@@H](CCCCN)C(=O)OCC=C)C(=O)OCC. The van der Waals surface area contributed by atoms with Crippen molar-refractivity contribution in [1.29, 1.82) is 0 Å². The molecular formula is C20H33N3O7. The lowest BCUT2D eigenvalue weighted by Crippen LogP contribution is -2.51. The lowest BCUT2D eigenvalue weighted by atomic mass is 10.1. The molecule has 0 aliphatic heterocycles. The first-order chi connectivity index (χ1) is 14.4. The molecule has 4 N–H and O–H groups in total. The number of esters is 3. The van der Waals surface area contributed by atoms with E-state index in [0.29, 0.717) is 25.8 Å². The fourth-order valence-electron chi connectivity index (χ4n) is 2.32. The van der Waals surface area contributed by atoms with E-state index in [2.05, 4.69) is 23.8 Å². The van der Waals surface area contributed by atoms with Gasteiger partial charge in [-0.25, -0.2) is 14.4 Å². The van der Waals surface area contributed by atoms with E-state index in [1.54, 1.807) is 6.92 Å². The molecule has 0 bridgehead atoms. The third-order valence-corrected chi connectivity index (χ3v) is 3.76. The molecule has 10 nitrogen and oxygen atoms in total. The zero-order chi connectivity index (χ0) is 22.8. The lowest BCUT2D eigenvalue weighted by Gasteiger charge is -2.21. The van der Waals surface area contributed by atoms with Gasteiger partial charge in [0.05, 0.1) is 6.61 Å². The Balaban J connectivity index is 4.96. The predicted molar refractivity (Wildman–Crippen MR) is 110 cm³/mol. The van der Waals surface area contributed by atoms with Crippen LogP contribution < -0.4 is 16.4 Å². The van der Waals surface area contributed by atoms with E-state index in [1.807, 2.05) is 0 Å². The van der Waals surface area contributed by atoms with Crippen molar-refractivity contribution < 1.29 is 33.4 Å². The Morgan fingerprint density at radius 1 is 0.900 bits per heavy atom. The minimum Gasteiger partial charge on any atom is -0.464 e. The van der Waals surface area contributed by atoms with Crippen LogP contribution in [0.4, 0.5) is 4.79 Å². The van der Waals surface area contributed by atoms with E-state index in [9.17, 15) is 19.2 Å². The molecule has 170 valence electrons. The maximum atomic E-state index is 12.4. The maximum absolute atomic E-state index is 12.4. The van der Waals surface area contributed by atoms with Gasteiger partial charge in [0.25, 0.3) is 0 Å². The Morgan fingerprint density at radius 2 is 1.47 bits per heavy atom. The van der Waals surface area contributed by atoms with Crippen molar-refractivity contribution in [3.8, 4) is 0 Å². The number of rotatable bonds is 16. The van der Waals surface area contributed by atoms with Crippen molar-refractivity contribution in [1.82, 2.24) is 10.6 Å². The molecule has 0 heterocycles. The fraction of sp³-hybridized carbons (Fsp3) is 0.600. The van der Waals surface area contributed by atoms with Gasteiger partial charge in [-0.3, -0.25) is 4.79 Å². The monoisotopic (exact) mass is 427 g/mol. The van der Waals surface area contributed by atoms with Crippen LogP contribution >= 0.6 is 0 Å². The molecule has 0 spiro atoms. The van der Waals surface area contributed by atoms with Crippen molar-refractivity contribution in [3.63, 3.8) is 0 Å². The van der Waals surface area contributed by atoms with Gasteiger partial charge in [0.15, 0.2) is 0 Å². The normalized spacial score (nSPS) is 12.1. The molecular weight excluding hydrogens is 394 g/mol. The third-order valence-electron chi connectivity index (χ3n) is 3.76. The standard InChI is InChI=1S/C20H33N3O7/c1-4-13-29-17(24)11-10-16(18(25)28-6-3)23-20(27)22-15(9-7-8-12-21)19(26)30-14-5-2/h4-5,15-16H,1-2,6-14,21H2,3H3,(H2,22,23,27)/t15-,16-/m0/s1. The van der Waals surface area contributed by atoms with Crippen LogP contribution in [0.15, 0.2) is 25.3 Å². The van der Waals surface area contributed by atoms with Crippen LogP contribution in [0.2, 0.25) is 0 Å². The number of nitrogens with one attached hydrogen (secondary N) is 2. The van der Waals surface area contributed by atoms with E-state index in [-0.39, 0.29) is 32.7 Å². The summed E-state index contributed by atoms with van der Waals surface area (Å²) in [4.78, 5) is 48.3. The summed E-state index contributed by atoms with van der Waals surface area (Å²) in [6.07, 6.45) is 4.28. The van der Waals surface area contributed by atoms with Gasteiger partial charge >= 0.3 is 23.9 Å². The van der Waals surface area contributed by atoms with Gasteiger partial charge in [0.1, 0.15) is 25.3 Å². The molecule has 0 fully saturated rings. The topological polar surface area (TPSA) is 146 Å². The van der Waals surface area contributed by atoms with Crippen molar-refractivity contribution in [2.75, 3.05) is 26.4 Å². The van der Waals surface area contributed by atoms with Gasteiger partial charge in [0, 0.05) is 6.42 Å². The summed E-state index contributed by atoms with van der Waals surface area (Å²) in [6.45, 7) is 9.15. The van der Waals surface area contributed by atoms with Crippen molar-refractivity contribution in [2.45, 2.75) is 51.1 Å². The summed E-state index contributed by atoms with van der Waals surface area (Å²) < 4.78 is 14.8. The molecule has 2 amide bonds. The van der Waals surface area contributed by atoms with Gasteiger partial charge in [-0.05, 0) is 39.2 Å². The van der Waals surface area contributed by atoms with Crippen molar-refractivity contribution in [3.05, 3.63) is 25.3 Å². The smallest absolute Gasteiger partial charge is 0.329 e. The highest BCUT2D eigenvalue weighted by Crippen LogP contribution is 2.05. The quantitative estimate of drug-likeness (QED) is 0.143. The van der Waals surface area contributed by atoms with Crippen molar-refractivity contribution in [2.24, 2.45) is 5.73 Å². The van der Waals surface area contributed by atoms with E-state index < -0.39 is 36.0 Å². The Kier molecular flexibility index (Phi) is 15.4. The molecule has 0 aromatic carbocycles. The summed E-state index contributed by atoms with van der Waals surface area (Å²) >= 11 is 0. The molecule has 0 aromatic heterocycles. The second kappa shape index (κ2) is 17.0. The fourth-order valence-corrected chi connectivity index (χ4v) is 2.32. The van der Waals surface area contributed by atoms with Gasteiger partial charge in [-0.2, -0.15) is 0 Å².